The van der Waals surface area contributed by atoms with Gasteiger partial charge in [0, 0.05) is 21.4 Å². The molecule has 0 saturated heterocycles. The number of hydrogen-bond donors (Lipinski definition) is 1. The number of hydrogen-bond acceptors (Lipinski definition) is 4. The summed E-state index contributed by atoms with van der Waals surface area (Å²) in [5, 5.41) is 15.6. The van der Waals surface area contributed by atoms with Gasteiger partial charge in [-0.25, -0.2) is 0 Å². The minimum Gasteiger partial charge on any atom is -0.310 e. The summed E-state index contributed by atoms with van der Waals surface area (Å²) in [5.41, 5.74) is 1.18. The summed E-state index contributed by atoms with van der Waals surface area (Å²) >= 11 is 7.11. The second-order valence-electron chi connectivity index (χ2n) is 4.18. The lowest BCUT2D eigenvalue weighted by molar-refractivity contribution is 0.533. The van der Waals surface area contributed by atoms with Crippen LogP contribution in [0.4, 0.5) is 0 Å². The molecular formula is C12H15Br2N5. The third-order valence-corrected chi connectivity index (χ3v) is 3.94. The van der Waals surface area contributed by atoms with Crippen LogP contribution >= 0.6 is 31.9 Å². The van der Waals surface area contributed by atoms with Crippen molar-refractivity contribution in [1.29, 1.82) is 0 Å². The van der Waals surface area contributed by atoms with Gasteiger partial charge in [0.25, 0.3) is 0 Å². The maximum Gasteiger partial charge on any atom is 0.176 e. The molecule has 2 aromatic rings. The molecule has 0 radical (unpaired) electrons. The van der Waals surface area contributed by atoms with Crippen molar-refractivity contribution >= 4 is 31.9 Å². The summed E-state index contributed by atoms with van der Waals surface area (Å²) in [4.78, 5) is 1.48. The van der Waals surface area contributed by atoms with E-state index < -0.39 is 0 Å². The van der Waals surface area contributed by atoms with E-state index in [2.05, 4.69) is 65.6 Å². The van der Waals surface area contributed by atoms with E-state index >= 15 is 0 Å². The zero-order valence-corrected chi connectivity index (χ0v) is 13.9. The molecule has 0 aliphatic carbocycles. The minimum absolute atomic E-state index is 0.154. The van der Waals surface area contributed by atoms with Crippen molar-refractivity contribution in [2.24, 2.45) is 7.05 Å². The molecule has 0 aliphatic heterocycles. The van der Waals surface area contributed by atoms with Gasteiger partial charge >= 0.3 is 0 Å². The average molecular weight is 389 g/mol. The highest BCUT2D eigenvalue weighted by molar-refractivity contribution is 9.11. The van der Waals surface area contributed by atoms with Crippen molar-refractivity contribution < 1.29 is 0 Å². The number of aromatic nitrogens is 4. The number of likely N-dealkylation sites (N-methyl/N-ethyl adjacent to an activating group) is 1. The summed E-state index contributed by atoms with van der Waals surface area (Å²) in [6.45, 7) is 2.97. The lowest BCUT2D eigenvalue weighted by atomic mass is 10.0. The van der Waals surface area contributed by atoms with Gasteiger partial charge in [-0.1, -0.05) is 38.8 Å². The molecule has 0 spiro atoms. The van der Waals surface area contributed by atoms with Gasteiger partial charge in [-0.05, 0) is 35.5 Å². The van der Waals surface area contributed by atoms with Crippen LogP contribution in [0.1, 0.15) is 24.4 Å². The molecule has 1 atom stereocenters. The molecule has 0 bridgehead atoms. The number of aryl methyl sites for hydroxylation is 1. The number of rotatable bonds is 5. The smallest absolute Gasteiger partial charge is 0.176 e. The Morgan fingerprint density at radius 1 is 1.37 bits per heavy atom. The van der Waals surface area contributed by atoms with Gasteiger partial charge in [-0.2, -0.15) is 4.80 Å². The van der Waals surface area contributed by atoms with Crippen molar-refractivity contribution in [2.75, 3.05) is 6.54 Å². The highest BCUT2D eigenvalue weighted by Gasteiger charge is 2.17. The monoisotopic (exact) mass is 387 g/mol. The van der Waals surface area contributed by atoms with Crippen LogP contribution < -0.4 is 5.32 Å². The molecule has 7 heteroatoms. The zero-order chi connectivity index (χ0) is 13.8. The number of tetrazole rings is 1. The molecule has 102 valence electrons. The Morgan fingerprint density at radius 3 is 2.79 bits per heavy atom. The first-order valence-electron chi connectivity index (χ1n) is 6.01. The largest absolute Gasteiger partial charge is 0.310 e. The first kappa shape index (κ1) is 14.6. The highest BCUT2D eigenvalue weighted by atomic mass is 79.9. The van der Waals surface area contributed by atoms with Crippen LogP contribution in [0, 0.1) is 0 Å². The fraction of sp³-hybridized carbons (Fsp3) is 0.417. The quantitative estimate of drug-likeness (QED) is 0.855. The van der Waals surface area contributed by atoms with E-state index in [0.717, 1.165) is 21.3 Å². The Hall–Kier alpha value is -0.790. The molecule has 2 rings (SSSR count). The van der Waals surface area contributed by atoms with Crippen molar-refractivity contribution in [3.05, 3.63) is 38.5 Å². The third kappa shape index (κ3) is 3.84. The van der Waals surface area contributed by atoms with Gasteiger partial charge in [0.2, 0.25) is 0 Å². The van der Waals surface area contributed by atoms with Crippen LogP contribution in [0.3, 0.4) is 0 Å². The van der Waals surface area contributed by atoms with Crippen molar-refractivity contribution in [3.8, 4) is 0 Å². The second-order valence-corrected chi connectivity index (χ2v) is 5.95. The third-order valence-electron chi connectivity index (χ3n) is 2.72. The molecule has 5 nitrogen and oxygen atoms in total. The van der Waals surface area contributed by atoms with E-state index in [9.17, 15) is 0 Å². The zero-order valence-electron chi connectivity index (χ0n) is 10.8. The Morgan fingerprint density at radius 2 is 2.16 bits per heavy atom. The van der Waals surface area contributed by atoms with E-state index in [1.54, 1.807) is 7.05 Å². The summed E-state index contributed by atoms with van der Waals surface area (Å²) in [6, 6.07) is 6.31. The standard InChI is InChI=1S/C12H15Br2N5/c1-3-15-11(7-12-16-18-19(2)17-12)9-6-8(13)4-5-10(9)14/h4-6,11,15H,3,7H2,1-2H3. The minimum atomic E-state index is 0.154. The first-order chi connectivity index (χ1) is 9.10. The van der Waals surface area contributed by atoms with Gasteiger partial charge < -0.3 is 5.32 Å². The van der Waals surface area contributed by atoms with Crippen LogP contribution in [-0.4, -0.2) is 26.8 Å². The summed E-state index contributed by atoms with van der Waals surface area (Å²) in [7, 11) is 1.77. The molecule has 0 saturated carbocycles. The number of benzene rings is 1. The topological polar surface area (TPSA) is 55.6 Å². The van der Waals surface area contributed by atoms with Gasteiger partial charge in [0.1, 0.15) is 0 Å². The Kier molecular flexibility index (Phi) is 5.06. The number of nitrogens with one attached hydrogen (secondary N) is 1. The lowest BCUT2D eigenvalue weighted by Crippen LogP contribution is -2.24. The molecule has 0 fully saturated rings. The van der Waals surface area contributed by atoms with Gasteiger partial charge in [0.05, 0.1) is 7.05 Å². The maximum absolute atomic E-state index is 4.24. The van der Waals surface area contributed by atoms with E-state index in [1.165, 1.54) is 10.4 Å². The molecule has 1 aromatic carbocycles. The van der Waals surface area contributed by atoms with E-state index in [0.29, 0.717) is 6.42 Å². The van der Waals surface area contributed by atoms with Crippen molar-refractivity contribution in [3.63, 3.8) is 0 Å². The first-order valence-corrected chi connectivity index (χ1v) is 7.60. The Bertz CT molecular complexity index is 555. The van der Waals surface area contributed by atoms with E-state index in [4.69, 9.17) is 0 Å². The van der Waals surface area contributed by atoms with Crippen LogP contribution in [0.5, 0.6) is 0 Å². The highest BCUT2D eigenvalue weighted by Crippen LogP contribution is 2.28. The SMILES string of the molecule is CCNC(Cc1nnn(C)n1)c1cc(Br)ccc1Br. The van der Waals surface area contributed by atoms with Crippen LogP contribution in [-0.2, 0) is 13.5 Å². The Balaban J connectivity index is 2.26. The molecule has 1 aromatic heterocycles. The second kappa shape index (κ2) is 6.58. The lowest BCUT2D eigenvalue weighted by Gasteiger charge is -2.18. The summed E-state index contributed by atoms with van der Waals surface area (Å²) in [6.07, 6.45) is 0.705. The predicted molar refractivity (Wildman–Crippen MR) is 80.8 cm³/mol. The van der Waals surface area contributed by atoms with Crippen LogP contribution in [0.15, 0.2) is 27.1 Å². The molecule has 1 unspecified atom stereocenters. The fourth-order valence-electron chi connectivity index (χ4n) is 1.91. The molecule has 19 heavy (non-hydrogen) atoms. The van der Waals surface area contributed by atoms with E-state index in [-0.39, 0.29) is 6.04 Å². The average Bonchev–Trinajstić information content (AvgIpc) is 2.77. The number of halogens is 2. The van der Waals surface area contributed by atoms with Crippen LogP contribution in [0.2, 0.25) is 0 Å². The molecule has 1 heterocycles. The molecular weight excluding hydrogens is 374 g/mol. The predicted octanol–water partition coefficient (Wildman–Crippen LogP) is 2.63. The van der Waals surface area contributed by atoms with Crippen LogP contribution in [0.25, 0.3) is 0 Å². The number of nitrogens with zero attached hydrogens (tertiary/aromatic N) is 4. The normalized spacial score (nSPS) is 12.6. The van der Waals surface area contributed by atoms with Gasteiger partial charge in [0.15, 0.2) is 5.82 Å². The molecule has 1 N–H and O–H groups in total. The summed E-state index contributed by atoms with van der Waals surface area (Å²) in [5.74, 6) is 0.736. The van der Waals surface area contributed by atoms with E-state index in [1.807, 2.05) is 12.1 Å². The van der Waals surface area contributed by atoms with Crippen molar-refractivity contribution in [1.82, 2.24) is 25.5 Å². The Labute approximate surface area is 129 Å². The van der Waals surface area contributed by atoms with Gasteiger partial charge in [-0.15, -0.1) is 10.2 Å². The summed E-state index contributed by atoms with van der Waals surface area (Å²) < 4.78 is 2.13. The fourth-order valence-corrected chi connectivity index (χ4v) is 2.81. The maximum atomic E-state index is 4.24. The molecule has 0 aliphatic rings. The van der Waals surface area contributed by atoms with Crippen molar-refractivity contribution in [2.45, 2.75) is 19.4 Å². The molecule has 0 amide bonds. The van der Waals surface area contributed by atoms with Gasteiger partial charge in [-0.3, -0.25) is 0 Å².